The summed E-state index contributed by atoms with van der Waals surface area (Å²) in [7, 11) is 2.08. The molecule has 1 saturated heterocycles. The lowest BCUT2D eigenvalue weighted by molar-refractivity contribution is 0.0920. The normalized spacial score (nSPS) is 25.6. The fraction of sp³-hybridized carbons (Fsp3) is 0.667. The van der Waals surface area contributed by atoms with Gasteiger partial charge in [0.2, 0.25) is 0 Å². The molecule has 0 aliphatic carbocycles. The van der Waals surface area contributed by atoms with E-state index in [1.165, 1.54) is 36.0 Å². The van der Waals surface area contributed by atoms with Gasteiger partial charge in [-0.3, -0.25) is 4.90 Å². The van der Waals surface area contributed by atoms with Crippen LogP contribution in [0.15, 0.2) is 18.2 Å². The maximum absolute atomic E-state index is 3.52. The second-order valence-corrected chi connectivity index (χ2v) is 6.59. The van der Waals surface area contributed by atoms with E-state index in [1.807, 2.05) is 0 Å². The van der Waals surface area contributed by atoms with Gasteiger partial charge in [0.05, 0.1) is 0 Å². The maximum Gasteiger partial charge on any atom is 0.0447 e. The van der Waals surface area contributed by atoms with Crippen molar-refractivity contribution in [2.24, 2.45) is 0 Å². The Hall–Kier alpha value is -0.860. The highest BCUT2D eigenvalue weighted by Crippen LogP contribution is 2.26. The number of likely N-dealkylation sites (N-methyl/N-ethyl adjacent to an activating group) is 1. The fourth-order valence-electron chi connectivity index (χ4n) is 3.62. The monoisotopic (exact) mass is 274 g/mol. The van der Waals surface area contributed by atoms with E-state index in [9.17, 15) is 0 Å². The van der Waals surface area contributed by atoms with E-state index in [2.05, 4.69) is 63.2 Å². The summed E-state index contributed by atoms with van der Waals surface area (Å²) in [5.41, 5.74) is 4.15. The minimum Gasteiger partial charge on any atom is -0.312 e. The molecule has 20 heavy (non-hydrogen) atoms. The number of nitrogens with zero attached hydrogens (tertiary/aromatic N) is 1. The molecule has 112 valence electrons. The van der Waals surface area contributed by atoms with Crippen molar-refractivity contribution in [2.45, 2.75) is 65.1 Å². The van der Waals surface area contributed by atoms with Gasteiger partial charge in [-0.1, -0.05) is 35.7 Å². The number of likely N-dealkylation sites (tertiary alicyclic amines) is 1. The molecule has 1 N–H and O–H groups in total. The molecule has 1 aliphatic heterocycles. The number of aryl methyl sites for hydroxylation is 2. The Morgan fingerprint density at radius 2 is 1.65 bits per heavy atom. The second-order valence-electron chi connectivity index (χ2n) is 6.59. The highest BCUT2D eigenvalue weighted by Gasteiger charge is 2.27. The molecule has 0 aromatic heterocycles. The molecule has 2 heteroatoms. The zero-order chi connectivity index (χ0) is 14.7. The van der Waals surface area contributed by atoms with Gasteiger partial charge in [-0.05, 0) is 53.1 Å². The summed E-state index contributed by atoms with van der Waals surface area (Å²) in [6, 6.07) is 8.75. The first kappa shape index (κ1) is 15.5. The summed E-state index contributed by atoms with van der Waals surface area (Å²) in [4.78, 5) is 2.68. The molecule has 3 atom stereocenters. The lowest BCUT2D eigenvalue weighted by atomic mass is 9.95. The summed E-state index contributed by atoms with van der Waals surface area (Å²) in [5, 5.41) is 3.52. The molecule has 0 amide bonds. The Bertz CT molecular complexity index is 411. The van der Waals surface area contributed by atoms with E-state index in [1.54, 1.807) is 0 Å². The summed E-state index contributed by atoms with van der Waals surface area (Å²) >= 11 is 0. The van der Waals surface area contributed by atoms with Gasteiger partial charge in [-0.2, -0.15) is 0 Å². The second kappa shape index (κ2) is 6.73. The number of piperidine rings is 1. The summed E-state index contributed by atoms with van der Waals surface area (Å²) in [5.74, 6) is 0. The number of hydrogen-bond acceptors (Lipinski definition) is 2. The van der Waals surface area contributed by atoms with Crippen LogP contribution in [0, 0.1) is 13.8 Å². The smallest absolute Gasteiger partial charge is 0.0447 e. The van der Waals surface area contributed by atoms with Crippen LogP contribution in [-0.4, -0.2) is 30.6 Å². The third-order valence-electron chi connectivity index (χ3n) is 4.76. The quantitative estimate of drug-likeness (QED) is 0.897. The summed E-state index contributed by atoms with van der Waals surface area (Å²) in [6.45, 7) is 10.3. The summed E-state index contributed by atoms with van der Waals surface area (Å²) in [6.07, 6.45) is 4.06. The first-order chi connectivity index (χ1) is 9.51. The van der Waals surface area contributed by atoms with Gasteiger partial charge in [0.1, 0.15) is 0 Å². The molecular weight excluding hydrogens is 244 g/mol. The molecule has 0 radical (unpaired) electrons. The lowest BCUT2D eigenvalue weighted by Gasteiger charge is -2.41. The Morgan fingerprint density at radius 1 is 1.10 bits per heavy atom. The maximum atomic E-state index is 3.52. The van der Waals surface area contributed by atoms with Crippen molar-refractivity contribution in [3.8, 4) is 0 Å². The van der Waals surface area contributed by atoms with Crippen LogP contribution in [0.3, 0.4) is 0 Å². The van der Waals surface area contributed by atoms with Crippen molar-refractivity contribution >= 4 is 0 Å². The third kappa shape index (κ3) is 3.62. The average molecular weight is 274 g/mol. The van der Waals surface area contributed by atoms with E-state index >= 15 is 0 Å². The largest absolute Gasteiger partial charge is 0.312 e. The molecular formula is C18H30N2. The molecule has 0 saturated carbocycles. The molecule has 3 unspecified atom stereocenters. The van der Waals surface area contributed by atoms with Crippen molar-refractivity contribution in [2.75, 3.05) is 13.6 Å². The third-order valence-corrected chi connectivity index (χ3v) is 4.76. The minimum atomic E-state index is 0.427. The molecule has 0 spiro atoms. The predicted molar refractivity (Wildman–Crippen MR) is 87.2 cm³/mol. The van der Waals surface area contributed by atoms with Gasteiger partial charge < -0.3 is 5.32 Å². The van der Waals surface area contributed by atoms with Crippen LogP contribution in [0.25, 0.3) is 0 Å². The van der Waals surface area contributed by atoms with Crippen LogP contribution < -0.4 is 5.32 Å². The van der Waals surface area contributed by atoms with Crippen LogP contribution in [-0.2, 0) is 0 Å². The Labute approximate surface area is 124 Å². The van der Waals surface area contributed by atoms with Gasteiger partial charge in [0.15, 0.2) is 0 Å². The lowest BCUT2D eigenvalue weighted by Crippen LogP contribution is -2.47. The van der Waals surface area contributed by atoms with Gasteiger partial charge in [-0.15, -0.1) is 0 Å². The number of nitrogens with one attached hydrogen (secondary N) is 1. The van der Waals surface area contributed by atoms with Crippen molar-refractivity contribution < 1.29 is 0 Å². The molecule has 2 rings (SSSR count). The van der Waals surface area contributed by atoms with Crippen LogP contribution >= 0.6 is 0 Å². The standard InChI is InChI=1S/C18H30N2/c1-13-9-14(2)11-17(10-13)18(19-5)12-20-15(3)7-6-8-16(20)4/h9-11,15-16,18-19H,6-8,12H2,1-5H3. The van der Waals surface area contributed by atoms with Gasteiger partial charge in [0.25, 0.3) is 0 Å². The van der Waals surface area contributed by atoms with Gasteiger partial charge in [0, 0.05) is 24.7 Å². The first-order valence-electron chi connectivity index (χ1n) is 8.02. The zero-order valence-corrected chi connectivity index (χ0v) is 13.7. The SMILES string of the molecule is CNC(CN1C(C)CCCC1C)c1cc(C)cc(C)c1. The highest BCUT2D eigenvalue weighted by molar-refractivity contribution is 5.31. The Morgan fingerprint density at radius 3 is 2.15 bits per heavy atom. The topological polar surface area (TPSA) is 15.3 Å². The van der Waals surface area contributed by atoms with E-state index < -0.39 is 0 Å². The molecule has 1 aromatic carbocycles. The molecule has 1 aliphatic rings. The number of hydrogen-bond donors (Lipinski definition) is 1. The molecule has 0 bridgehead atoms. The zero-order valence-electron chi connectivity index (χ0n) is 13.7. The first-order valence-corrected chi connectivity index (χ1v) is 8.02. The van der Waals surface area contributed by atoms with E-state index in [0.717, 1.165) is 6.54 Å². The van der Waals surface area contributed by atoms with Crippen molar-refractivity contribution in [3.05, 3.63) is 34.9 Å². The average Bonchev–Trinajstić information content (AvgIpc) is 2.37. The van der Waals surface area contributed by atoms with Crippen LogP contribution in [0.1, 0.15) is 55.8 Å². The van der Waals surface area contributed by atoms with Crippen molar-refractivity contribution in [3.63, 3.8) is 0 Å². The predicted octanol–water partition coefficient (Wildman–Crippen LogP) is 3.83. The molecule has 1 aromatic rings. The van der Waals surface area contributed by atoms with E-state index in [0.29, 0.717) is 18.1 Å². The Balaban J connectivity index is 2.15. The number of rotatable bonds is 4. The van der Waals surface area contributed by atoms with Crippen LogP contribution in [0.4, 0.5) is 0 Å². The molecule has 1 fully saturated rings. The van der Waals surface area contributed by atoms with Crippen LogP contribution in [0.2, 0.25) is 0 Å². The minimum absolute atomic E-state index is 0.427. The molecule has 1 heterocycles. The summed E-state index contributed by atoms with van der Waals surface area (Å²) < 4.78 is 0. The van der Waals surface area contributed by atoms with Gasteiger partial charge in [-0.25, -0.2) is 0 Å². The van der Waals surface area contributed by atoms with Crippen LogP contribution in [0.5, 0.6) is 0 Å². The van der Waals surface area contributed by atoms with Crippen molar-refractivity contribution in [1.29, 1.82) is 0 Å². The molecule has 2 nitrogen and oxygen atoms in total. The van der Waals surface area contributed by atoms with Crippen molar-refractivity contribution in [1.82, 2.24) is 10.2 Å². The van der Waals surface area contributed by atoms with E-state index in [4.69, 9.17) is 0 Å². The fourth-order valence-corrected chi connectivity index (χ4v) is 3.62. The van der Waals surface area contributed by atoms with E-state index in [-0.39, 0.29) is 0 Å². The Kier molecular flexibility index (Phi) is 5.22. The highest BCUT2D eigenvalue weighted by atomic mass is 15.2. The van der Waals surface area contributed by atoms with Gasteiger partial charge >= 0.3 is 0 Å². The number of benzene rings is 1.